The molecule has 0 unspecified atom stereocenters. The molecule has 0 heterocycles. The molecule has 0 radical (unpaired) electrons. The van der Waals surface area contributed by atoms with Crippen molar-refractivity contribution in [2.24, 2.45) is 5.92 Å². The number of halogens is 3. The topological polar surface area (TPSA) is 46.2 Å². The van der Waals surface area contributed by atoms with Crippen LogP contribution in [0.15, 0.2) is 48.5 Å². The van der Waals surface area contributed by atoms with Crippen molar-refractivity contribution in [2.75, 3.05) is 5.32 Å². The molecule has 3 nitrogen and oxygen atoms in total. The number of amides is 1. The van der Waals surface area contributed by atoms with Gasteiger partial charge in [-0.05, 0) is 67.5 Å². The van der Waals surface area contributed by atoms with Crippen molar-refractivity contribution >= 4 is 29.0 Å². The fraction of sp³-hybridized carbons (Fsp3) is 0.440. The zero-order valence-corrected chi connectivity index (χ0v) is 18.1. The van der Waals surface area contributed by atoms with E-state index in [2.05, 4.69) is 5.32 Å². The summed E-state index contributed by atoms with van der Waals surface area (Å²) in [5.74, 6) is -2.59. The van der Waals surface area contributed by atoms with Crippen LogP contribution in [0.5, 0.6) is 0 Å². The summed E-state index contributed by atoms with van der Waals surface area (Å²) >= 11 is 5.95. The number of benzene rings is 2. The zero-order chi connectivity index (χ0) is 22.1. The van der Waals surface area contributed by atoms with Gasteiger partial charge in [0, 0.05) is 35.5 Å². The average Bonchev–Trinajstić information content (AvgIpc) is 2.70. The second-order valence-electron chi connectivity index (χ2n) is 8.90. The predicted octanol–water partition coefficient (Wildman–Crippen LogP) is 6.80. The lowest BCUT2D eigenvalue weighted by Crippen LogP contribution is -2.43. The number of carbonyl (C=O) groups excluding carboxylic acids is 2. The Morgan fingerprint density at radius 2 is 1.68 bits per heavy atom. The van der Waals surface area contributed by atoms with Gasteiger partial charge >= 0.3 is 0 Å². The summed E-state index contributed by atoms with van der Waals surface area (Å²) in [4.78, 5) is 25.6. The third kappa shape index (κ3) is 4.82. The molecule has 0 aromatic heterocycles. The van der Waals surface area contributed by atoms with Gasteiger partial charge in [-0.25, -0.2) is 8.78 Å². The quantitative estimate of drug-likeness (QED) is 0.531. The number of alkyl halides is 2. The summed E-state index contributed by atoms with van der Waals surface area (Å²) < 4.78 is 26.9. The second kappa shape index (κ2) is 8.70. The van der Waals surface area contributed by atoms with Crippen LogP contribution in [0.4, 0.5) is 14.5 Å². The van der Waals surface area contributed by atoms with Crippen molar-refractivity contribution in [2.45, 2.75) is 62.7 Å². The molecule has 2 aromatic rings. The lowest BCUT2D eigenvalue weighted by Gasteiger charge is -2.42. The van der Waals surface area contributed by atoms with Crippen LogP contribution in [0.25, 0.3) is 0 Å². The van der Waals surface area contributed by atoms with Crippen molar-refractivity contribution in [3.05, 3.63) is 64.7 Å². The van der Waals surface area contributed by atoms with Crippen molar-refractivity contribution in [1.82, 2.24) is 0 Å². The minimum absolute atomic E-state index is 0.0563. The van der Waals surface area contributed by atoms with Gasteiger partial charge in [0.15, 0.2) is 0 Å². The molecule has 4 rings (SSSR count). The first-order valence-electron chi connectivity index (χ1n) is 10.9. The van der Waals surface area contributed by atoms with Crippen LogP contribution in [-0.4, -0.2) is 17.6 Å². The van der Waals surface area contributed by atoms with Gasteiger partial charge in [0.2, 0.25) is 5.92 Å². The van der Waals surface area contributed by atoms with E-state index >= 15 is 0 Å². The number of hydrogen-bond acceptors (Lipinski definition) is 2. The van der Waals surface area contributed by atoms with Crippen LogP contribution < -0.4 is 5.32 Å². The Kier molecular flexibility index (Phi) is 6.16. The van der Waals surface area contributed by atoms with Crippen molar-refractivity contribution in [3.8, 4) is 0 Å². The molecule has 2 aromatic carbocycles. The molecular formula is C25H26ClF2NO2. The second-order valence-corrected chi connectivity index (χ2v) is 9.34. The first-order chi connectivity index (χ1) is 14.8. The Morgan fingerprint density at radius 1 is 1.00 bits per heavy atom. The standard InChI is InChI=1S/C25H26ClF2NO2/c26-20-4-1-3-18(16-20)23(31)29-21-7-5-19(6-8-21)24(11-2-12-24)22(30)15-17-9-13-25(27,28)14-10-17/h1,3-8,16-17H,2,9-15H2,(H,29,31). The van der Waals surface area contributed by atoms with E-state index in [1.54, 1.807) is 24.3 Å². The number of anilines is 1. The number of ketones is 1. The number of hydrogen-bond donors (Lipinski definition) is 1. The fourth-order valence-corrected chi connectivity index (χ4v) is 4.92. The summed E-state index contributed by atoms with van der Waals surface area (Å²) in [7, 11) is 0. The minimum atomic E-state index is -2.57. The lowest BCUT2D eigenvalue weighted by atomic mass is 9.60. The molecule has 0 saturated heterocycles. The van der Waals surface area contributed by atoms with Crippen LogP contribution in [0, 0.1) is 5.92 Å². The molecule has 1 N–H and O–H groups in total. The summed E-state index contributed by atoms with van der Waals surface area (Å²) in [6.07, 6.45) is 3.57. The monoisotopic (exact) mass is 445 g/mol. The Bertz CT molecular complexity index is 960. The van der Waals surface area contributed by atoms with Gasteiger partial charge in [0.1, 0.15) is 5.78 Å². The molecular weight excluding hydrogens is 420 g/mol. The first kappa shape index (κ1) is 21.9. The first-order valence-corrected chi connectivity index (χ1v) is 11.2. The van der Waals surface area contributed by atoms with E-state index in [0.29, 0.717) is 35.5 Å². The molecule has 2 fully saturated rings. The summed E-state index contributed by atoms with van der Waals surface area (Å²) in [6.45, 7) is 0. The number of carbonyl (C=O) groups is 2. The molecule has 0 spiro atoms. The van der Waals surface area contributed by atoms with E-state index in [9.17, 15) is 18.4 Å². The average molecular weight is 446 g/mol. The maximum Gasteiger partial charge on any atom is 0.255 e. The van der Waals surface area contributed by atoms with E-state index in [-0.39, 0.29) is 30.4 Å². The number of rotatable bonds is 6. The highest BCUT2D eigenvalue weighted by Crippen LogP contribution is 2.47. The Hall–Kier alpha value is -2.27. The molecule has 2 saturated carbocycles. The highest BCUT2D eigenvalue weighted by Gasteiger charge is 2.46. The Labute approximate surface area is 186 Å². The third-order valence-electron chi connectivity index (χ3n) is 6.83. The van der Waals surface area contributed by atoms with Crippen molar-refractivity contribution in [3.63, 3.8) is 0 Å². The molecule has 1 amide bonds. The van der Waals surface area contributed by atoms with Crippen molar-refractivity contribution in [1.29, 1.82) is 0 Å². The fourth-order valence-electron chi connectivity index (χ4n) is 4.73. The SMILES string of the molecule is O=C(Nc1ccc(C2(C(=O)CC3CCC(F)(F)CC3)CCC2)cc1)c1cccc(Cl)c1. The van der Waals surface area contributed by atoms with Gasteiger partial charge in [-0.15, -0.1) is 0 Å². The van der Waals surface area contributed by atoms with Crippen LogP contribution in [-0.2, 0) is 10.2 Å². The highest BCUT2D eigenvalue weighted by atomic mass is 35.5. The Balaban J connectivity index is 1.42. The van der Waals surface area contributed by atoms with Gasteiger partial charge in [-0.3, -0.25) is 9.59 Å². The normalized spacial score (nSPS) is 20.0. The van der Waals surface area contributed by atoms with Crippen molar-refractivity contribution < 1.29 is 18.4 Å². The molecule has 0 atom stereocenters. The Morgan fingerprint density at radius 3 is 2.26 bits per heavy atom. The molecule has 164 valence electrons. The van der Waals surface area contributed by atoms with E-state index in [1.807, 2.05) is 24.3 Å². The smallest absolute Gasteiger partial charge is 0.255 e. The molecule has 0 aliphatic heterocycles. The van der Waals surface area contributed by atoms with Crippen LogP contribution in [0.3, 0.4) is 0 Å². The maximum absolute atomic E-state index is 13.4. The lowest BCUT2D eigenvalue weighted by molar-refractivity contribution is -0.130. The van der Waals surface area contributed by atoms with Crippen LogP contribution >= 0.6 is 11.6 Å². The van der Waals surface area contributed by atoms with Crippen LogP contribution in [0.2, 0.25) is 5.02 Å². The highest BCUT2D eigenvalue weighted by molar-refractivity contribution is 6.31. The molecule has 6 heteroatoms. The summed E-state index contributed by atoms with van der Waals surface area (Å²) in [5, 5.41) is 3.34. The van der Waals surface area contributed by atoms with Gasteiger partial charge in [-0.2, -0.15) is 0 Å². The van der Waals surface area contributed by atoms with E-state index in [4.69, 9.17) is 11.6 Å². The molecule has 31 heavy (non-hydrogen) atoms. The van der Waals surface area contributed by atoms with Crippen LogP contribution in [0.1, 0.15) is 67.3 Å². The predicted molar refractivity (Wildman–Crippen MR) is 118 cm³/mol. The number of Topliss-reactive ketones (excluding diaryl/α,β-unsaturated/α-hetero) is 1. The van der Waals surface area contributed by atoms with Gasteiger partial charge in [-0.1, -0.05) is 36.2 Å². The van der Waals surface area contributed by atoms with Gasteiger partial charge in [0.25, 0.3) is 5.91 Å². The zero-order valence-electron chi connectivity index (χ0n) is 17.3. The van der Waals surface area contributed by atoms with E-state index in [1.165, 1.54) is 0 Å². The number of nitrogens with one attached hydrogen (secondary N) is 1. The van der Waals surface area contributed by atoms with Gasteiger partial charge < -0.3 is 5.32 Å². The largest absolute Gasteiger partial charge is 0.322 e. The minimum Gasteiger partial charge on any atom is -0.322 e. The van der Waals surface area contributed by atoms with Gasteiger partial charge in [0.05, 0.1) is 5.41 Å². The van der Waals surface area contributed by atoms with E-state index < -0.39 is 11.3 Å². The molecule has 2 aliphatic rings. The molecule has 2 aliphatic carbocycles. The summed E-state index contributed by atoms with van der Waals surface area (Å²) in [6, 6.07) is 14.2. The maximum atomic E-state index is 13.4. The molecule has 0 bridgehead atoms. The third-order valence-corrected chi connectivity index (χ3v) is 7.07. The summed E-state index contributed by atoms with van der Waals surface area (Å²) in [5.41, 5.74) is 1.56. The van der Waals surface area contributed by atoms with E-state index in [0.717, 1.165) is 24.8 Å².